The van der Waals surface area contributed by atoms with Crippen LogP contribution in [0.4, 0.5) is 0 Å². The average molecular weight is 342 g/mol. The maximum atomic E-state index is 12.5. The highest BCUT2D eigenvalue weighted by Crippen LogP contribution is 2.34. The van der Waals surface area contributed by atoms with Gasteiger partial charge in [-0.2, -0.15) is 0 Å². The van der Waals surface area contributed by atoms with Crippen LogP contribution in [0.1, 0.15) is 22.5 Å². The highest BCUT2D eigenvalue weighted by Gasteiger charge is 2.42. The van der Waals surface area contributed by atoms with Gasteiger partial charge >= 0.3 is 0 Å². The summed E-state index contributed by atoms with van der Waals surface area (Å²) in [5, 5.41) is 0. The van der Waals surface area contributed by atoms with E-state index in [1.54, 1.807) is 13.0 Å². The van der Waals surface area contributed by atoms with Gasteiger partial charge < -0.3 is 14.1 Å². The molecule has 0 unspecified atom stereocenters. The quantitative estimate of drug-likeness (QED) is 0.866. The van der Waals surface area contributed by atoms with E-state index in [0.29, 0.717) is 43.5 Å². The van der Waals surface area contributed by atoms with E-state index in [9.17, 15) is 13.2 Å². The molecule has 3 heterocycles. The monoisotopic (exact) mass is 342 g/mol. The van der Waals surface area contributed by atoms with Crippen molar-refractivity contribution in [2.24, 2.45) is 11.8 Å². The molecule has 0 saturated carbocycles. The third kappa shape index (κ3) is 3.59. The van der Waals surface area contributed by atoms with Gasteiger partial charge in [0.2, 0.25) is 10.0 Å². The lowest BCUT2D eigenvalue weighted by molar-refractivity contribution is 0.0615. The van der Waals surface area contributed by atoms with Gasteiger partial charge in [0.05, 0.1) is 30.8 Å². The minimum absolute atomic E-state index is 0.00703. The molecule has 0 aromatic carbocycles. The Hall–Kier alpha value is -1.38. The Morgan fingerprint density at radius 1 is 1.48 bits per heavy atom. The van der Waals surface area contributed by atoms with Crippen molar-refractivity contribution in [3.8, 4) is 0 Å². The molecule has 2 fully saturated rings. The van der Waals surface area contributed by atoms with Gasteiger partial charge in [0.25, 0.3) is 5.91 Å². The van der Waals surface area contributed by atoms with E-state index in [1.807, 2.05) is 4.90 Å². The molecule has 7 nitrogen and oxygen atoms in total. The maximum absolute atomic E-state index is 12.5. The molecule has 3 atom stereocenters. The number of carbonyl (C=O) groups excluding carboxylic acids is 1. The van der Waals surface area contributed by atoms with Gasteiger partial charge in [0.1, 0.15) is 5.76 Å². The number of furan rings is 1. The van der Waals surface area contributed by atoms with Crippen molar-refractivity contribution in [2.75, 3.05) is 32.5 Å². The predicted molar refractivity (Wildman–Crippen MR) is 83.5 cm³/mol. The van der Waals surface area contributed by atoms with Crippen molar-refractivity contribution in [2.45, 2.75) is 19.4 Å². The zero-order valence-electron chi connectivity index (χ0n) is 13.3. The van der Waals surface area contributed by atoms with Crippen molar-refractivity contribution in [1.29, 1.82) is 0 Å². The van der Waals surface area contributed by atoms with Crippen LogP contribution < -0.4 is 4.72 Å². The fourth-order valence-corrected chi connectivity index (χ4v) is 3.96. The van der Waals surface area contributed by atoms with Crippen molar-refractivity contribution in [1.82, 2.24) is 9.62 Å². The average Bonchev–Trinajstić information content (AvgIpc) is 3.09. The van der Waals surface area contributed by atoms with E-state index in [1.165, 1.54) is 6.26 Å². The second kappa shape index (κ2) is 6.26. The van der Waals surface area contributed by atoms with Crippen LogP contribution in [0.5, 0.6) is 0 Å². The molecule has 0 aliphatic carbocycles. The molecule has 3 rings (SSSR count). The van der Waals surface area contributed by atoms with Gasteiger partial charge in [0.15, 0.2) is 0 Å². The number of carbonyl (C=O) groups is 1. The fraction of sp³-hybridized carbons (Fsp3) is 0.667. The number of rotatable bonds is 4. The number of ether oxygens (including phenoxy) is 1. The van der Waals surface area contributed by atoms with E-state index in [4.69, 9.17) is 9.15 Å². The van der Waals surface area contributed by atoms with Crippen LogP contribution in [-0.2, 0) is 14.8 Å². The molecule has 0 radical (unpaired) electrons. The summed E-state index contributed by atoms with van der Waals surface area (Å²) in [6, 6.07) is 1.70. The van der Waals surface area contributed by atoms with Gasteiger partial charge in [-0.05, 0) is 25.3 Å². The zero-order valence-corrected chi connectivity index (χ0v) is 14.1. The summed E-state index contributed by atoms with van der Waals surface area (Å²) in [4.78, 5) is 14.4. The predicted octanol–water partition coefficient (Wildman–Crippen LogP) is 0.614. The lowest BCUT2D eigenvalue weighted by Gasteiger charge is -2.35. The first kappa shape index (κ1) is 16.5. The van der Waals surface area contributed by atoms with Crippen molar-refractivity contribution in [3.05, 3.63) is 23.7 Å². The SMILES string of the molecule is Cc1occc1C(=O)N1CC[C@@H]2[C@@H](CO[C@@H]2CNS(C)(=O)=O)C1. The number of fused-ring (bicyclic) bond motifs is 1. The third-order valence-electron chi connectivity index (χ3n) is 4.72. The fourth-order valence-electron chi connectivity index (χ4n) is 3.49. The van der Waals surface area contributed by atoms with Gasteiger partial charge in [-0.1, -0.05) is 0 Å². The second-order valence-electron chi connectivity index (χ2n) is 6.35. The molecule has 8 heteroatoms. The second-order valence-corrected chi connectivity index (χ2v) is 8.18. The molecular weight excluding hydrogens is 320 g/mol. The Balaban J connectivity index is 1.60. The third-order valence-corrected chi connectivity index (χ3v) is 5.41. The van der Waals surface area contributed by atoms with Crippen molar-refractivity contribution < 1.29 is 22.4 Å². The molecule has 1 N–H and O–H groups in total. The molecule has 1 aromatic rings. The van der Waals surface area contributed by atoms with Crippen LogP contribution in [0.2, 0.25) is 0 Å². The van der Waals surface area contributed by atoms with Gasteiger partial charge in [-0.15, -0.1) is 0 Å². The number of nitrogens with zero attached hydrogens (tertiary/aromatic N) is 1. The van der Waals surface area contributed by atoms with Gasteiger partial charge in [-0.3, -0.25) is 4.79 Å². The summed E-state index contributed by atoms with van der Waals surface area (Å²) < 4.78 is 35.9. The number of amides is 1. The first-order chi connectivity index (χ1) is 10.8. The Morgan fingerprint density at radius 3 is 2.91 bits per heavy atom. The van der Waals surface area contributed by atoms with Gasteiger partial charge in [0, 0.05) is 25.6 Å². The van der Waals surface area contributed by atoms with E-state index >= 15 is 0 Å². The van der Waals surface area contributed by atoms with E-state index in [-0.39, 0.29) is 17.9 Å². The highest BCUT2D eigenvalue weighted by molar-refractivity contribution is 7.88. The molecule has 1 amide bonds. The van der Waals surface area contributed by atoms with E-state index in [2.05, 4.69) is 4.72 Å². The molecule has 1 aromatic heterocycles. The van der Waals surface area contributed by atoms with Crippen LogP contribution >= 0.6 is 0 Å². The minimum atomic E-state index is -3.21. The molecule has 2 aliphatic rings. The molecule has 0 bridgehead atoms. The maximum Gasteiger partial charge on any atom is 0.257 e. The molecular formula is C15H22N2O5S. The topological polar surface area (TPSA) is 88.8 Å². The summed E-state index contributed by atoms with van der Waals surface area (Å²) in [6.07, 6.45) is 3.39. The largest absolute Gasteiger partial charge is 0.469 e. The first-order valence-electron chi connectivity index (χ1n) is 7.75. The number of hydrogen-bond donors (Lipinski definition) is 1. The zero-order chi connectivity index (χ0) is 16.6. The minimum Gasteiger partial charge on any atom is -0.469 e. The number of piperidine rings is 1. The number of nitrogens with one attached hydrogen (secondary N) is 1. The lowest BCUT2D eigenvalue weighted by Crippen LogP contribution is -2.46. The highest BCUT2D eigenvalue weighted by atomic mass is 32.2. The smallest absolute Gasteiger partial charge is 0.257 e. The van der Waals surface area contributed by atoms with Crippen molar-refractivity contribution >= 4 is 15.9 Å². The Bertz CT molecular complexity index is 684. The Kier molecular flexibility index (Phi) is 4.48. The van der Waals surface area contributed by atoms with E-state index < -0.39 is 10.0 Å². The summed E-state index contributed by atoms with van der Waals surface area (Å²) in [5.41, 5.74) is 0.609. The molecule has 2 saturated heterocycles. The number of likely N-dealkylation sites (tertiary alicyclic amines) is 1. The Labute approximate surface area is 136 Å². The summed E-state index contributed by atoms with van der Waals surface area (Å²) >= 11 is 0. The van der Waals surface area contributed by atoms with Crippen molar-refractivity contribution in [3.63, 3.8) is 0 Å². The molecule has 2 aliphatic heterocycles. The van der Waals surface area contributed by atoms with Crippen LogP contribution in [0.3, 0.4) is 0 Å². The van der Waals surface area contributed by atoms with Crippen LogP contribution in [0.15, 0.2) is 16.7 Å². The van der Waals surface area contributed by atoms with Crippen LogP contribution in [0.25, 0.3) is 0 Å². The number of aryl methyl sites for hydroxylation is 1. The standard InChI is InChI=1S/C15H22N2O5S/c1-10-12(4-6-21-10)15(18)17-5-3-13-11(8-17)9-22-14(13)7-16-23(2,19)20/h4,6,11,13-14,16H,3,5,7-9H2,1-2H3/t11-,13-,14-/m1/s1. The number of sulfonamides is 1. The molecule has 23 heavy (non-hydrogen) atoms. The van der Waals surface area contributed by atoms with E-state index in [0.717, 1.165) is 12.7 Å². The Morgan fingerprint density at radius 2 is 2.26 bits per heavy atom. The molecule has 128 valence electrons. The lowest BCUT2D eigenvalue weighted by atomic mass is 9.84. The normalized spacial score (nSPS) is 27.9. The van der Waals surface area contributed by atoms with Crippen LogP contribution in [-0.4, -0.2) is 57.8 Å². The van der Waals surface area contributed by atoms with Gasteiger partial charge in [-0.25, -0.2) is 13.1 Å². The summed E-state index contributed by atoms with van der Waals surface area (Å²) in [5.74, 6) is 1.17. The first-order valence-corrected chi connectivity index (χ1v) is 9.64. The number of hydrogen-bond acceptors (Lipinski definition) is 5. The molecule has 0 spiro atoms. The van der Waals surface area contributed by atoms with Crippen LogP contribution in [0, 0.1) is 18.8 Å². The summed E-state index contributed by atoms with van der Waals surface area (Å²) in [6.45, 7) is 3.95. The summed E-state index contributed by atoms with van der Waals surface area (Å²) in [7, 11) is -3.21.